The van der Waals surface area contributed by atoms with Gasteiger partial charge in [0.15, 0.2) is 0 Å². The van der Waals surface area contributed by atoms with Crippen LogP contribution in [0.3, 0.4) is 0 Å². The topological polar surface area (TPSA) is 47.6 Å². The van der Waals surface area contributed by atoms with E-state index in [0.717, 1.165) is 5.75 Å². The first kappa shape index (κ1) is 17.2. The molecule has 0 radical (unpaired) electrons. The van der Waals surface area contributed by atoms with Gasteiger partial charge in [0.25, 0.3) is 0 Å². The van der Waals surface area contributed by atoms with Gasteiger partial charge in [-0.3, -0.25) is 4.79 Å². The zero-order valence-electron chi connectivity index (χ0n) is 13.5. The molecule has 23 heavy (non-hydrogen) atoms. The molecule has 0 saturated heterocycles. The summed E-state index contributed by atoms with van der Waals surface area (Å²) in [5, 5.41) is 2.73. The van der Waals surface area contributed by atoms with Crippen molar-refractivity contribution < 1.29 is 14.3 Å². The molecule has 0 aliphatic rings. The third-order valence-electron chi connectivity index (χ3n) is 3.38. The highest BCUT2D eigenvalue weighted by molar-refractivity contribution is 7.99. The van der Waals surface area contributed by atoms with E-state index in [1.54, 1.807) is 44.2 Å². The number of amides is 1. The van der Waals surface area contributed by atoms with Gasteiger partial charge in [0, 0.05) is 11.8 Å². The molecule has 0 spiro atoms. The summed E-state index contributed by atoms with van der Waals surface area (Å²) < 4.78 is 10.5. The van der Waals surface area contributed by atoms with Crippen LogP contribution < -0.4 is 14.8 Å². The second-order valence-electron chi connectivity index (χ2n) is 4.99. The fraction of sp³-hybridized carbons (Fsp3) is 0.278. The van der Waals surface area contributed by atoms with Gasteiger partial charge in [0.1, 0.15) is 11.5 Å². The van der Waals surface area contributed by atoms with E-state index in [4.69, 9.17) is 9.47 Å². The van der Waals surface area contributed by atoms with Gasteiger partial charge in [0.05, 0.1) is 25.2 Å². The van der Waals surface area contributed by atoms with Gasteiger partial charge in [0.2, 0.25) is 5.91 Å². The van der Waals surface area contributed by atoms with Crippen LogP contribution in [0.25, 0.3) is 0 Å². The van der Waals surface area contributed by atoms with E-state index >= 15 is 0 Å². The van der Waals surface area contributed by atoms with Crippen LogP contribution in [0, 0.1) is 0 Å². The van der Waals surface area contributed by atoms with E-state index in [1.165, 1.54) is 5.56 Å². The molecule has 2 rings (SSSR count). The molecule has 122 valence electrons. The zero-order chi connectivity index (χ0) is 16.7. The average molecular weight is 331 g/mol. The summed E-state index contributed by atoms with van der Waals surface area (Å²) >= 11 is 1.60. The fourth-order valence-electron chi connectivity index (χ4n) is 2.02. The second-order valence-corrected chi connectivity index (χ2v) is 6.32. The molecule has 1 amide bonds. The Kier molecular flexibility index (Phi) is 6.35. The highest BCUT2D eigenvalue weighted by Crippen LogP contribution is 2.29. The number of rotatable bonds is 7. The number of ether oxygens (including phenoxy) is 2. The van der Waals surface area contributed by atoms with Crippen molar-refractivity contribution >= 4 is 23.4 Å². The van der Waals surface area contributed by atoms with E-state index in [2.05, 4.69) is 17.4 Å². The van der Waals surface area contributed by atoms with Crippen LogP contribution >= 0.6 is 11.8 Å². The molecule has 1 atom stereocenters. The van der Waals surface area contributed by atoms with E-state index in [0.29, 0.717) is 17.2 Å². The maximum atomic E-state index is 12.4. The summed E-state index contributed by atoms with van der Waals surface area (Å²) in [4.78, 5) is 12.4. The summed E-state index contributed by atoms with van der Waals surface area (Å²) in [5.41, 5.74) is 1.82. The monoisotopic (exact) mass is 331 g/mol. The SMILES string of the molecule is COc1ccc(OC)c(NC(=O)[C@H](C)SCc2ccccc2)c1. The van der Waals surface area contributed by atoms with Gasteiger partial charge in [-0.1, -0.05) is 30.3 Å². The van der Waals surface area contributed by atoms with E-state index in [1.807, 2.05) is 25.1 Å². The molecule has 0 saturated carbocycles. The largest absolute Gasteiger partial charge is 0.497 e. The lowest BCUT2D eigenvalue weighted by Gasteiger charge is -2.15. The fourth-order valence-corrected chi connectivity index (χ4v) is 2.86. The van der Waals surface area contributed by atoms with Crippen molar-refractivity contribution in [2.24, 2.45) is 0 Å². The van der Waals surface area contributed by atoms with Crippen molar-refractivity contribution in [1.82, 2.24) is 0 Å². The molecular weight excluding hydrogens is 310 g/mol. The third-order valence-corrected chi connectivity index (χ3v) is 4.59. The molecule has 0 fully saturated rings. The Balaban J connectivity index is 1.98. The summed E-state index contributed by atoms with van der Waals surface area (Å²) in [5.74, 6) is 2.02. The summed E-state index contributed by atoms with van der Waals surface area (Å²) in [7, 11) is 3.16. The number of nitrogens with one attached hydrogen (secondary N) is 1. The first-order chi connectivity index (χ1) is 11.1. The first-order valence-corrected chi connectivity index (χ1v) is 8.37. The molecule has 2 aromatic rings. The minimum Gasteiger partial charge on any atom is -0.497 e. The van der Waals surface area contributed by atoms with Crippen molar-refractivity contribution in [3.8, 4) is 11.5 Å². The predicted molar refractivity (Wildman–Crippen MR) is 95.4 cm³/mol. The summed E-state index contributed by atoms with van der Waals surface area (Å²) in [6, 6.07) is 15.4. The molecule has 0 aliphatic carbocycles. The van der Waals surface area contributed by atoms with Crippen LogP contribution in [0.5, 0.6) is 11.5 Å². The number of hydrogen-bond acceptors (Lipinski definition) is 4. The molecule has 0 bridgehead atoms. The van der Waals surface area contributed by atoms with Crippen LogP contribution in [0.1, 0.15) is 12.5 Å². The molecule has 0 aliphatic heterocycles. The molecule has 2 aromatic carbocycles. The van der Waals surface area contributed by atoms with Crippen LogP contribution in [-0.2, 0) is 10.5 Å². The van der Waals surface area contributed by atoms with Gasteiger partial charge in [-0.15, -0.1) is 11.8 Å². The highest BCUT2D eigenvalue weighted by Gasteiger charge is 2.16. The second kappa shape index (κ2) is 8.48. The van der Waals surface area contributed by atoms with E-state index < -0.39 is 0 Å². The van der Waals surface area contributed by atoms with Gasteiger partial charge in [-0.25, -0.2) is 0 Å². The maximum absolute atomic E-state index is 12.4. The molecule has 0 aromatic heterocycles. The molecule has 0 heterocycles. The Hall–Kier alpha value is -2.14. The summed E-state index contributed by atoms with van der Waals surface area (Å²) in [6.45, 7) is 1.90. The van der Waals surface area contributed by atoms with Gasteiger partial charge in [-0.05, 0) is 24.6 Å². The lowest BCUT2D eigenvalue weighted by molar-refractivity contribution is -0.115. The van der Waals surface area contributed by atoms with Gasteiger partial charge in [-0.2, -0.15) is 0 Å². The van der Waals surface area contributed by atoms with Crippen molar-refractivity contribution in [3.05, 3.63) is 54.1 Å². The van der Waals surface area contributed by atoms with Gasteiger partial charge < -0.3 is 14.8 Å². The van der Waals surface area contributed by atoms with Gasteiger partial charge >= 0.3 is 0 Å². The van der Waals surface area contributed by atoms with Crippen molar-refractivity contribution in [3.63, 3.8) is 0 Å². The third kappa shape index (κ3) is 4.93. The van der Waals surface area contributed by atoms with Crippen LogP contribution in [0.4, 0.5) is 5.69 Å². The standard InChI is InChI=1S/C18H21NO3S/c1-13(23-12-14-7-5-4-6-8-14)18(20)19-16-11-15(21-2)9-10-17(16)22-3/h4-11,13H,12H2,1-3H3,(H,19,20)/t13-/m0/s1. The van der Waals surface area contributed by atoms with Crippen LogP contribution in [-0.4, -0.2) is 25.4 Å². The number of carbonyl (C=O) groups is 1. The molecule has 5 heteroatoms. The summed E-state index contributed by atoms with van der Waals surface area (Å²) in [6.07, 6.45) is 0. The molecular formula is C18H21NO3S. The maximum Gasteiger partial charge on any atom is 0.237 e. The molecule has 0 unspecified atom stereocenters. The Morgan fingerprint density at radius 3 is 2.52 bits per heavy atom. The first-order valence-electron chi connectivity index (χ1n) is 7.32. The smallest absolute Gasteiger partial charge is 0.237 e. The Bertz CT molecular complexity index is 646. The van der Waals surface area contributed by atoms with Crippen molar-refractivity contribution in [2.45, 2.75) is 17.9 Å². The quantitative estimate of drug-likeness (QED) is 0.834. The molecule has 4 nitrogen and oxygen atoms in total. The van der Waals surface area contributed by atoms with E-state index in [-0.39, 0.29) is 11.2 Å². The predicted octanol–water partition coefficient (Wildman–Crippen LogP) is 3.96. The van der Waals surface area contributed by atoms with Crippen molar-refractivity contribution in [1.29, 1.82) is 0 Å². The minimum absolute atomic E-state index is 0.0579. The molecule has 1 N–H and O–H groups in total. The number of hydrogen-bond donors (Lipinski definition) is 1. The number of methoxy groups -OCH3 is 2. The van der Waals surface area contributed by atoms with Crippen molar-refractivity contribution in [2.75, 3.05) is 19.5 Å². The lowest BCUT2D eigenvalue weighted by atomic mass is 10.2. The zero-order valence-corrected chi connectivity index (χ0v) is 14.4. The Morgan fingerprint density at radius 1 is 1.13 bits per heavy atom. The Morgan fingerprint density at radius 2 is 1.87 bits per heavy atom. The lowest BCUT2D eigenvalue weighted by Crippen LogP contribution is -2.22. The van der Waals surface area contributed by atoms with Crippen LogP contribution in [0.15, 0.2) is 48.5 Å². The Labute approximate surface area is 141 Å². The van der Waals surface area contributed by atoms with E-state index in [9.17, 15) is 4.79 Å². The number of benzene rings is 2. The average Bonchev–Trinajstić information content (AvgIpc) is 2.60. The normalized spacial score (nSPS) is 11.6. The number of carbonyl (C=O) groups excluding carboxylic acids is 1. The van der Waals surface area contributed by atoms with Crippen LogP contribution in [0.2, 0.25) is 0 Å². The number of anilines is 1. The minimum atomic E-state index is -0.175. The highest BCUT2D eigenvalue weighted by atomic mass is 32.2. The number of thioether (sulfide) groups is 1.